The molecule has 152 valence electrons. The average Bonchev–Trinajstić information content (AvgIpc) is 3.39. The number of aliphatic imine (C=N–C) groups is 1. The first-order valence-electron chi connectivity index (χ1n) is 9.19. The van der Waals surface area contributed by atoms with E-state index in [1.807, 2.05) is 41.1 Å². The first-order valence-corrected chi connectivity index (χ1v) is 10.4. The van der Waals surface area contributed by atoms with E-state index < -0.39 is 5.91 Å². The number of amides is 1. The molecule has 0 saturated heterocycles. The number of carbonyl (C=O) groups excluding carboxylic acids is 1. The van der Waals surface area contributed by atoms with Crippen molar-refractivity contribution in [1.82, 2.24) is 9.58 Å². The molecule has 6 nitrogen and oxygen atoms in total. The molecule has 0 saturated carbocycles. The smallest absolute Gasteiger partial charge is 0.283 e. The number of benzene rings is 2. The summed E-state index contributed by atoms with van der Waals surface area (Å²) in [5.41, 5.74) is 2.33. The van der Waals surface area contributed by atoms with E-state index in [1.54, 1.807) is 24.3 Å². The number of amidine groups is 2. The number of carbonyl (C=O) groups is 1. The Hall–Kier alpha value is -3.49. The minimum Gasteiger partial charge on any atom is -0.317 e. The van der Waals surface area contributed by atoms with Crippen molar-refractivity contribution in [2.24, 2.45) is 10.1 Å². The Kier molecular flexibility index (Phi) is 4.80. The normalized spacial score (nSPS) is 17.1. The molecule has 0 radical (unpaired) electrons. The number of nitrogens with zero attached hydrogens (tertiary/aromatic N) is 4. The van der Waals surface area contributed by atoms with Gasteiger partial charge < -0.3 is 4.57 Å². The van der Waals surface area contributed by atoms with Gasteiger partial charge in [-0.2, -0.15) is 15.1 Å². The molecule has 3 aromatic rings. The maximum atomic E-state index is 13.2. The van der Waals surface area contributed by atoms with Crippen molar-refractivity contribution < 1.29 is 9.18 Å². The highest BCUT2D eigenvalue weighted by molar-refractivity contribution is 8.27. The average molecular weight is 450 g/mol. The molecule has 0 unspecified atom stereocenters. The maximum absolute atomic E-state index is 13.2. The van der Waals surface area contributed by atoms with Gasteiger partial charge in [-0.1, -0.05) is 17.7 Å². The number of aromatic nitrogens is 1. The number of thioether (sulfide) groups is 1. The molecule has 0 bridgehead atoms. The quantitative estimate of drug-likeness (QED) is 0.576. The van der Waals surface area contributed by atoms with E-state index in [-0.39, 0.29) is 17.2 Å². The summed E-state index contributed by atoms with van der Waals surface area (Å²) in [6.07, 6.45) is 3.46. The molecule has 2 aromatic carbocycles. The van der Waals surface area contributed by atoms with Gasteiger partial charge in [-0.05, 0) is 72.4 Å². The van der Waals surface area contributed by atoms with Crippen LogP contribution in [0.25, 0.3) is 11.8 Å². The zero-order valence-electron chi connectivity index (χ0n) is 15.8. The second kappa shape index (κ2) is 7.64. The highest BCUT2D eigenvalue weighted by Crippen LogP contribution is 2.31. The summed E-state index contributed by atoms with van der Waals surface area (Å²) in [4.78, 5) is 16.8. The third-order valence-corrected chi connectivity index (χ3v) is 5.90. The molecule has 1 amide bonds. The van der Waals surface area contributed by atoms with Gasteiger partial charge in [0.2, 0.25) is 5.17 Å². The Bertz CT molecular complexity index is 1330. The third kappa shape index (κ3) is 3.60. The molecule has 0 aliphatic carbocycles. The van der Waals surface area contributed by atoms with E-state index in [1.165, 1.54) is 28.9 Å². The van der Waals surface area contributed by atoms with Crippen LogP contribution in [0.4, 0.5) is 4.39 Å². The minimum absolute atomic E-state index is 0.0709. The number of halogens is 2. The fraction of sp³-hybridized carbons (Fsp3) is 0. The lowest BCUT2D eigenvalue weighted by Crippen LogP contribution is -2.35. The van der Waals surface area contributed by atoms with Gasteiger partial charge in [-0.3, -0.25) is 10.2 Å². The number of rotatable bonds is 3. The van der Waals surface area contributed by atoms with Crippen molar-refractivity contribution in [3.8, 4) is 5.69 Å². The van der Waals surface area contributed by atoms with Crippen molar-refractivity contribution in [2.45, 2.75) is 0 Å². The van der Waals surface area contributed by atoms with Crippen molar-refractivity contribution in [3.05, 3.63) is 94.5 Å². The number of hydrazone groups is 1. The van der Waals surface area contributed by atoms with Crippen molar-refractivity contribution >= 4 is 51.4 Å². The number of nitrogens with one attached hydrogen (secondary N) is 1. The fourth-order valence-corrected chi connectivity index (χ4v) is 4.30. The zero-order chi connectivity index (χ0) is 21.5. The Labute approximate surface area is 185 Å². The first-order chi connectivity index (χ1) is 15.0. The van der Waals surface area contributed by atoms with Crippen LogP contribution in [-0.4, -0.2) is 31.5 Å². The molecule has 5 rings (SSSR count). The van der Waals surface area contributed by atoms with Crippen LogP contribution in [0.2, 0.25) is 5.02 Å². The zero-order valence-corrected chi connectivity index (χ0v) is 17.4. The summed E-state index contributed by atoms with van der Waals surface area (Å²) in [7, 11) is 0. The van der Waals surface area contributed by atoms with Gasteiger partial charge in [-0.25, -0.2) is 4.39 Å². The Morgan fingerprint density at radius 2 is 1.90 bits per heavy atom. The first kappa shape index (κ1) is 19.5. The fourth-order valence-electron chi connectivity index (χ4n) is 3.22. The molecular weight excluding hydrogens is 437 g/mol. The van der Waals surface area contributed by atoms with Crippen LogP contribution in [0, 0.1) is 11.2 Å². The van der Waals surface area contributed by atoms with Crippen LogP contribution >= 0.6 is 23.4 Å². The summed E-state index contributed by atoms with van der Waals surface area (Å²) in [5, 5.41) is 15.7. The van der Waals surface area contributed by atoms with E-state index in [2.05, 4.69) is 10.1 Å². The van der Waals surface area contributed by atoms with Gasteiger partial charge in [0.25, 0.3) is 5.91 Å². The van der Waals surface area contributed by atoms with E-state index in [9.17, 15) is 9.18 Å². The second-order valence-electron chi connectivity index (χ2n) is 6.71. The Morgan fingerprint density at radius 1 is 1.10 bits per heavy atom. The van der Waals surface area contributed by atoms with Crippen LogP contribution in [0.1, 0.15) is 11.3 Å². The van der Waals surface area contributed by atoms with E-state index >= 15 is 0 Å². The van der Waals surface area contributed by atoms with Crippen molar-refractivity contribution in [3.63, 3.8) is 0 Å². The van der Waals surface area contributed by atoms with Gasteiger partial charge in [-0.15, -0.1) is 0 Å². The highest BCUT2D eigenvalue weighted by atomic mass is 35.5. The molecule has 0 spiro atoms. The maximum Gasteiger partial charge on any atom is 0.283 e. The molecule has 0 fully saturated rings. The lowest BCUT2D eigenvalue weighted by atomic mass is 10.1. The molecule has 2 aliphatic rings. The van der Waals surface area contributed by atoms with Gasteiger partial charge in [0.15, 0.2) is 5.84 Å². The molecule has 2 aliphatic heterocycles. The van der Waals surface area contributed by atoms with Crippen LogP contribution in [0.3, 0.4) is 0 Å². The van der Waals surface area contributed by atoms with E-state index in [0.717, 1.165) is 5.69 Å². The van der Waals surface area contributed by atoms with E-state index in [0.29, 0.717) is 26.5 Å². The van der Waals surface area contributed by atoms with Crippen molar-refractivity contribution in [2.75, 3.05) is 0 Å². The highest BCUT2D eigenvalue weighted by Gasteiger charge is 2.36. The summed E-state index contributed by atoms with van der Waals surface area (Å²) in [6.45, 7) is 0. The lowest BCUT2D eigenvalue weighted by Gasteiger charge is -2.20. The summed E-state index contributed by atoms with van der Waals surface area (Å²) in [6, 6.07) is 16.9. The molecular formula is C22H13ClFN5OS. The number of hydrogen-bond acceptors (Lipinski definition) is 4. The van der Waals surface area contributed by atoms with Crippen LogP contribution in [0.15, 0.2) is 82.5 Å². The van der Waals surface area contributed by atoms with Crippen LogP contribution in [0.5, 0.6) is 0 Å². The van der Waals surface area contributed by atoms with Gasteiger partial charge in [0.05, 0.1) is 5.57 Å². The predicted octanol–water partition coefficient (Wildman–Crippen LogP) is 4.94. The number of hydrogen-bond donors (Lipinski definition) is 1. The van der Waals surface area contributed by atoms with Gasteiger partial charge in [0.1, 0.15) is 10.9 Å². The summed E-state index contributed by atoms with van der Waals surface area (Å²) in [5.74, 6) is -0.935. The standard InChI is InChI=1S/C22H13ClFN5OS/c23-14-3-1-4-16(11-14)28-10-2-5-17(28)12-18-19(25)29-22(26-20(18)30)31-21(27-29)13-6-8-15(24)9-7-13/h1-12,25H/b18-12+,25-19?. The molecule has 3 heterocycles. The summed E-state index contributed by atoms with van der Waals surface area (Å²) >= 11 is 7.27. The molecule has 31 heavy (non-hydrogen) atoms. The Morgan fingerprint density at radius 3 is 2.68 bits per heavy atom. The molecule has 1 N–H and O–H groups in total. The predicted molar refractivity (Wildman–Crippen MR) is 121 cm³/mol. The SMILES string of the molecule is N=C1/C(=C\c2cccn2-c2cccc(Cl)c2)C(=O)N=C2SC(c3ccc(F)cc3)=NN12. The molecule has 9 heteroatoms. The topological polar surface area (TPSA) is 73.8 Å². The monoisotopic (exact) mass is 449 g/mol. The lowest BCUT2D eigenvalue weighted by molar-refractivity contribution is -0.114. The van der Waals surface area contributed by atoms with Crippen LogP contribution < -0.4 is 0 Å². The minimum atomic E-state index is -0.516. The van der Waals surface area contributed by atoms with Gasteiger partial charge >= 0.3 is 0 Å². The third-order valence-electron chi connectivity index (χ3n) is 4.70. The van der Waals surface area contributed by atoms with Gasteiger partial charge in [0, 0.05) is 28.2 Å². The second-order valence-corrected chi connectivity index (χ2v) is 8.11. The number of fused-ring (bicyclic) bond motifs is 1. The van der Waals surface area contributed by atoms with E-state index in [4.69, 9.17) is 17.0 Å². The largest absolute Gasteiger partial charge is 0.317 e. The molecule has 1 aromatic heterocycles. The summed E-state index contributed by atoms with van der Waals surface area (Å²) < 4.78 is 15.1. The Balaban J connectivity index is 1.50. The molecule has 0 atom stereocenters. The van der Waals surface area contributed by atoms with Crippen molar-refractivity contribution in [1.29, 1.82) is 5.41 Å². The van der Waals surface area contributed by atoms with Crippen LogP contribution in [-0.2, 0) is 4.79 Å².